The van der Waals surface area contributed by atoms with Crippen molar-refractivity contribution in [2.75, 3.05) is 0 Å². The Bertz CT molecular complexity index is 180. The van der Waals surface area contributed by atoms with E-state index in [1.54, 1.807) is 0 Å². The van der Waals surface area contributed by atoms with Crippen molar-refractivity contribution in [3.8, 4) is 0 Å². The Morgan fingerprint density at radius 3 is 1.64 bits per heavy atom. The van der Waals surface area contributed by atoms with Crippen molar-refractivity contribution < 1.29 is 14.3 Å². The number of hydrogen-bond donors (Lipinski definition) is 1. The third kappa shape index (κ3) is 17.5. The highest BCUT2D eigenvalue weighted by Crippen LogP contribution is 2.07. The van der Waals surface area contributed by atoms with Gasteiger partial charge >= 0.3 is 5.97 Å². The summed E-state index contributed by atoms with van der Waals surface area (Å²) in [7, 11) is -0.796. The van der Waals surface area contributed by atoms with E-state index >= 15 is 0 Å². The molecule has 0 aliphatic rings. The molecule has 0 aromatic carbocycles. The Morgan fingerprint density at radius 1 is 1.36 bits per heavy atom. The third-order valence-electron chi connectivity index (χ3n) is 0.954. The normalized spacial score (nSPS) is 10.5. The zero-order valence-corrected chi connectivity index (χ0v) is 11.2. The number of aliphatic carboxylic acids is 1. The van der Waals surface area contributed by atoms with Crippen LogP contribution in [-0.4, -0.2) is 25.7 Å². The molecular formula is C10H22O3Si. The summed E-state index contributed by atoms with van der Waals surface area (Å²) < 4.78 is 5.58. The summed E-state index contributed by atoms with van der Waals surface area (Å²) in [5, 5.41) is 7.89. The fourth-order valence-electron chi connectivity index (χ4n) is 0.707. The zero-order valence-electron chi connectivity index (χ0n) is 10.0. The molecule has 0 spiro atoms. The van der Waals surface area contributed by atoms with Crippen LogP contribution in [0.25, 0.3) is 0 Å². The van der Waals surface area contributed by atoms with Crippen LogP contribution in [0.15, 0.2) is 12.2 Å². The van der Waals surface area contributed by atoms with Crippen molar-refractivity contribution in [3.05, 3.63) is 12.2 Å². The summed E-state index contributed by atoms with van der Waals surface area (Å²) in [5.74, 6) is -0.935. The smallest absolute Gasteiger partial charge is 0.330 e. The summed E-state index contributed by atoms with van der Waals surface area (Å²) in [5.41, 5.74) is 0.260. The van der Waals surface area contributed by atoms with Gasteiger partial charge in [0.15, 0.2) is 9.04 Å². The van der Waals surface area contributed by atoms with E-state index in [1.807, 2.05) is 0 Å². The standard InChI is InChI=1S/C6H16OSi.C4H6O2/c1-6(2,3)7-8(4)5;1-3(2)4(5)6/h8H,1-5H3;1H2,2H3,(H,5,6). The molecule has 0 aromatic rings. The zero-order chi connectivity index (χ0) is 11.9. The molecule has 84 valence electrons. The Hall–Kier alpha value is -0.613. The van der Waals surface area contributed by atoms with Gasteiger partial charge in [-0.2, -0.15) is 0 Å². The second-order valence-electron chi connectivity index (χ2n) is 4.36. The minimum Gasteiger partial charge on any atom is -0.478 e. The topological polar surface area (TPSA) is 46.5 Å². The average molecular weight is 218 g/mol. The molecule has 0 aromatic heterocycles. The van der Waals surface area contributed by atoms with E-state index in [9.17, 15) is 4.79 Å². The Labute approximate surface area is 88.5 Å². The molecule has 0 bridgehead atoms. The number of rotatable bonds is 2. The van der Waals surface area contributed by atoms with Crippen LogP contribution in [0.2, 0.25) is 13.1 Å². The molecule has 4 heteroatoms. The second-order valence-corrected chi connectivity index (χ2v) is 6.70. The molecule has 0 rings (SSSR count). The van der Waals surface area contributed by atoms with Gasteiger partial charge in [-0.15, -0.1) is 0 Å². The molecule has 14 heavy (non-hydrogen) atoms. The number of carboxylic acids is 1. The van der Waals surface area contributed by atoms with Gasteiger partial charge in [0, 0.05) is 11.2 Å². The van der Waals surface area contributed by atoms with Crippen LogP contribution in [0.3, 0.4) is 0 Å². The molecule has 3 nitrogen and oxygen atoms in total. The Kier molecular flexibility index (Phi) is 7.68. The fourth-order valence-corrected chi connectivity index (χ4v) is 2.12. The van der Waals surface area contributed by atoms with E-state index in [4.69, 9.17) is 9.53 Å². The van der Waals surface area contributed by atoms with Crippen LogP contribution in [0.5, 0.6) is 0 Å². The first kappa shape index (κ1) is 15.8. The number of hydrogen-bond acceptors (Lipinski definition) is 2. The molecule has 0 saturated carbocycles. The van der Waals surface area contributed by atoms with Gasteiger partial charge in [-0.25, -0.2) is 4.79 Å². The van der Waals surface area contributed by atoms with Crippen molar-refractivity contribution in [2.24, 2.45) is 0 Å². The van der Waals surface area contributed by atoms with E-state index in [0.29, 0.717) is 0 Å². The summed E-state index contributed by atoms with van der Waals surface area (Å²) in [4.78, 5) is 9.60. The molecule has 0 unspecified atom stereocenters. The average Bonchev–Trinajstić information content (AvgIpc) is 1.81. The first-order valence-electron chi connectivity index (χ1n) is 4.63. The van der Waals surface area contributed by atoms with Gasteiger partial charge in [-0.3, -0.25) is 0 Å². The second kappa shape index (κ2) is 6.78. The van der Waals surface area contributed by atoms with Gasteiger partial charge < -0.3 is 9.53 Å². The van der Waals surface area contributed by atoms with Gasteiger partial charge in [0.05, 0.1) is 0 Å². The van der Waals surface area contributed by atoms with Crippen LogP contribution in [0.4, 0.5) is 0 Å². The van der Waals surface area contributed by atoms with Crippen molar-refractivity contribution in [1.82, 2.24) is 0 Å². The largest absolute Gasteiger partial charge is 0.478 e. The van der Waals surface area contributed by atoms with Crippen LogP contribution in [-0.2, 0) is 9.22 Å². The highest BCUT2D eigenvalue weighted by atomic mass is 28.3. The van der Waals surface area contributed by atoms with Crippen LogP contribution in [0.1, 0.15) is 27.7 Å². The number of carboxylic acid groups (broad SMARTS) is 1. The first-order chi connectivity index (χ1) is 6.06. The van der Waals surface area contributed by atoms with E-state index < -0.39 is 15.0 Å². The van der Waals surface area contributed by atoms with E-state index in [1.165, 1.54) is 6.92 Å². The Morgan fingerprint density at radius 2 is 1.64 bits per heavy atom. The molecule has 0 aliphatic carbocycles. The van der Waals surface area contributed by atoms with Crippen molar-refractivity contribution in [1.29, 1.82) is 0 Å². The van der Waals surface area contributed by atoms with Gasteiger partial charge in [-0.1, -0.05) is 6.58 Å². The summed E-state index contributed by atoms with van der Waals surface area (Å²) in [6.45, 7) is 15.3. The van der Waals surface area contributed by atoms with Crippen LogP contribution < -0.4 is 0 Å². The highest BCUT2D eigenvalue weighted by molar-refractivity contribution is 6.48. The van der Waals surface area contributed by atoms with Gasteiger partial charge in [0.1, 0.15) is 0 Å². The lowest BCUT2D eigenvalue weighted by Gasteiger charge is -2.22. The lowest BCUT2D eigenvalue weighted by atomic mass is 10.2. The maximum absolute atomic E-state index is 9.60. The molecule has 1 N–H and O–H groups in total. The monoisotopic (exact) mass is 218 g/mol. The molecule has 0 saturated heterocycles. The quantitative estimate of drug-likeness (QED) is 0.572. The number of carbonyl (C=O) groups is 1. The van der Waals surface area contributed by atoms with E-state index in [2.05, 4.69) is 40.4 Å². The Balaban J connectivity index is 0. The minimum absolute atomic E-state index is 0.0837. The fraction of sp³-hybridized carbons (Fsp3) is 0.700. The lowest BCUT2D eigenvalue weighted by molar-refractivity contribution is -0.132. The minimum atomic E-state index is -0.935. The van der Waals surface area contributed by atoms with Crippen molar-refractivity contribution >= 4 is 15.0 Å². The predicted octanol–water partition coefficient (Wildman–Crippen LogP) is 2.43. The first-order valence-corrected chi connectivity index (χ1v) is 7.41. The predicted molar refractivity (Wildman–Crippen MR) is 62.2 cm³/mol. The van der Waals surface area contributed by atoms with Crippen LogP contribution in [0, 0.1) is 0 Å². The maximum atomic E-state index is 9.60. The van der Waals surface area contributed by atoms with Gasteiger partial charge in [-0.05, 0) is 40.8 Å². The van der Waals surface area contributed by atoms with Gasteiger partial charge in [0.25, 0.3) is 0 Å². The summed E-state index contributed by atoms with van der Waals surface area (Å²) >= 11 is 0. The van der Waals surface area contributed by atoms with Gasteiger partial charge in [0.2, 0.25) is 0 Å². The SMILES string of the molecule is C=C(C)C(=O)O.C[SiH](C)OC(C)(C)C. The molecule has 0 aliphatic heterocycles. The molecular weight excluding hydrogens is 196 g/mol. The molecule has 0 heterocycles. The molecule has 0 amide bonds. The lowest BCUT2D eigenvalue weighted by Crippen LogP contribution is -2.25. The van der Waals surface area contributed by atoms with Crippen LogP contribution >= 0.6 is 0 Å². The molecule has 0 radical (unpaired) electrons. The molecule has 0 atom stereocenters. The maximum Gasteiger partial charge on any atom is 0.330 e. The van der Waals surface area contributed by atoms with Crippen molar-refractivity contribution in [3.63, 3.8) is 0 Å². The summed E-state index contributed by atoms with van der Waals surface area (Å²) in [6.07, 6.45) is 0. The van der Waals surface area contributed by atoms with Crippen molar-refractivity contribution in [2.45, 2.75) is 46.4 Å². The highest BCUT2D eigenvalue weighted by Gasteiger charge is 2.11. The van der Waals surface area contributed by atoms with E-state index in [-0.39, 0.29) is 11.2 Å². The van der Waals surface area contributed by atoms with E-state index in [0.717, 1.165) is 0 Å². The summed E-state index contributed by atoms with van der Waals surface area (Å²) in [6, 6.07) is 0. The molecule has 0 fully saturated rings. The third-order valence-corrected chi connectivity index (χ3v) is 2.13.